The van der Waals surface area contributed by atoms with Crippen molar-refractivity contribution < 1.29 is 4.79 Å². The summed E-state index contributed by atoms with van der Waals surface area (Å²) in [5.41, 5.74) is 7.91. The standard InChI is InChI=1S/C16H22N4OS.2ClH/c1-3-20(4-2)10-12-6-5-7-13(8-12)18-16(21)14-11-22-15(9-17)19-14;;/h5-8,11H,3-4,9-10,17H2,1-2H3,(H,18,21);2*1H. The van der Waals surface area contributed by atoms with Gasteiger partial charge in [-0.2, -0.15) is 0 Å². The van der Waals surface area contributed by atoms with Gasteiger partial charge in [-0.1, -0.05) is 26.0 Å². The number of rotatable bonds is 7. The van der Waals surface area contributed by atoms with Gasteiger partial charge in [0.25, 0.3) is 5.91 Å². The lowest BCUT2D eigenvalue weighted by Crippen LogP contribution is -2.22. The third kappa shape index (κ3) is 6.37. The van der Waals surface area contributed by atoms with Crippen molar-refractivity contribution >= 4 is 47.7 Å². The number of benzene rings is 1. The summed E-state index contributed by atoms with van der Waals surface area (Å²) in [5, 5.41) is 5.39. The zero-order valence-corrected chi connectivity index (χ0v) is 16.3. The summed E-state index contributed by atoms with van der Waals surface area (Å²) in [6.45, 7) is 7.54. The fraction of sp³-hybridized carbons (Fsp3) is 0.375. The van der Waals surface area contributed by atoms with E-state index in [1.807, 2.05) is 18.2 Å². The Kier molecular flexibility index (Phi) is 10.8. The summed E-state index contributed by atoms with van der Waals surface area (Å²) in [7, 11) is 0. The van der Waals surface area contributed by atoms with Crippen LogP contribution in [0.5, 0.6) is 0 Å². The minimum atomic E-state index is -0.198. The first-order valence-electron chi connectivity index (χ1n) is 7.43. The number of nitrogens with zero attached hydrogens (tertiary/aromatic N) is 2. The summed E-state index contributed by atoms with van der Waals surface area (Å²) in [6, 6.07) is 7.93. The van der Waals surface area contributed by atoms with Gasteiger partial charge in [0.15, 0.2) is 0 Å². The van der Waals surface area contributed by atoms with Gasteiger partial charge in [0.05, 0.1) is 0 Å². The van der Waals surface area contributed by atoms with E-state index in [-0.39, 0.29) is 30.7 Å². The highest BCUT2D eigenvalue weighted by Crippen LogP contribution is 2.15. The molecular formula is C16H24Cl2N4OS. The molecule has 2 rings (SSSR count). The van der Waals surface area contributed by atoms with Crippen LogP contribution in [-0.2, 0) is 13.1 Å². The van der Waals surface area contributed by atoms with Gasteiger partial charge in [0.2, 0.25) is 0 Å². The molecule has 3 N–H and O–H groups in total. The molecule has 8 heteroatoms. The van der Waals surface area contributed by atoms with Gasteiger partial charge in [0, 0.05) is 24.2 Å². The van der Waals surface area contributed by atoms with E-state index in [1.165, 1.54) is 16.9 Å². The van der Waals surface area contributed by atoms with Crippen LogP contribution in [0.25, 0.3) is 0 Å². The van der Waals surface area contributed by atoms with Crippen LogP contribution in [-0.4, -0.2) is 28.9 Å². The quantitative estimate of drug-likeness (QED) is 0.758. The Bertz CT molecular complexity index is 632. The molecule has 0 aliphatic carbocycles. The van der Waals surface area contributed by atoms with E-state index in [4.69, 9.17) is 5.73 Å². The zero-order chi connectivity index (χ0) is 15.9. The maximum atomic E-state index is 12.2. The lowest BCUT2D eigenvalue weighted by molar-refractivity contribution is 0.102. The highest BCUT2D eigenvalue weighted by Gasteiger charge is 2.11. The molecule has 0 unspecified atom stereocenters. The molecule has 1 aromatic heterocycles. The highest BCUT2D eigenvalue weighted by molar-refractivity contribution is 7.09. The van der Waals surface area contributed by atoms with Crippen molar-refractivity contribution in [3.8, 4) is 0 Å². The number of amides is 1. The molecule has 1 amide bonds. The van der Waals surface area contributed by atoms with Gasteiger partial charge >= 0.3 is 0 Å². The molecule has 0 radical (unpaired) electrons. The van der Waals surface area contributed by atoms with Crippen LogP contribution in [0.4, 0.5) is 5.69 Å². The molecule has 0 bridgehead atoms. The van der Waals surface area contributed by atoms with Gasteiger partial charge in [-0.05, 0) is 30.8 Å². The Hall–Kier alpha value is -1.18. The van der Waals surface area contributed by atoms with Gasteiger partial charge in [-0.15, -0.1) is 36.2 Å². The second-order valence-electron chi connectivity index (χ2n) is 4.95. The first kappa shape index (κ1) is 22.8. The minimum absolute atomic E-state index is 0. The summed E-state index contributed by atoms with van der Waals surface area (Å²) in [5.74, 6) is -0.198. The van der Waals surface area contributed by atoms with E-state index in [9.17, 15) is 4.79 Å². The molecule has 0 fully saturated rings. The lowest BCUT2D eigenvalue weighted by Gasteiger charge is -2.18. The van der Waals surface area contributed by atoms with Crippen LogP contribution in [0.3, 0.4) is 0 Å². The SMILES string of the molecule is CCN(CC)Cc1cccc(NC(=O)c2csc(CN)n2)c1.Cl.Cl. The number of anilines is 1. The molecule has 5 nitrogen and oxygen atoms in total. The van der Waals surface area contributed by atoms with Crippen LogP contribution < -0.4 is 11.1 Å². The molecule has 0 saturated carbocycles. The Morgan fingerprint density at radius 1 is 1.29 bits per heavy atom. The molecule has 2 aromatic rings. The number of thiazole rings is 1. The maximum absolute atomic E-state index is 12.2. The van der Waals surface area contributed by atoms with E-state index in [0.717, 1.165) is 30.3 Å². The monoisotopic (exact) mass is 390 g/mol. The first-order chi connectivity index (χ1) is 10.7. The Morgan fingerprint density at radius 3 is 2.58 bits per heavy atom. The van der Waals surface area contributed by atoms with Crippen molar-refractivity contribution in [3.05, 3.63) is 45.9 Å². The summed E-state index contributed by atoms with van der Waals surface area (Å²) in [4.78, 5) is 18.7. The third-order valence-electron chi connectivity index (χ3n) is 3.44. The van der Waals surface area contributed by atoms with Crippen molar-refractivity contribution in [2.45, 2.75) is 26.9 Å². The topological polar surface area (TPSA) is 71.2 Å². The van der Waals surface area contributed by atoms with Gasteiger partial charge < -0.3 is 11.1 Å². The van der Waals surface area contributed by atoms with Crippen LogP contribution in [0.2, 0.25) is 0 Å². The average Bonchev–Trinajstić information content (AvgIpc) is 3.02. The molecule has 0 aliphatic rings. The van der Waals surface area contributed by atoms with Crippen LogP contribution >= 0.6 is 36.2 Å². The predicted octanol–water partition coefficient (Wildman–Crippen LogP) is 3.54. The number of halogens is 2. The van der Waals surface area contributed by atoms with Crippen molar-refractivity contribution in [1.29, 1.82) is 0 Å². The number of carbonyl (C=O) groups excluding carboxylic acids is 1. The maximum Gasteiger partial charge on any atom is 0.275 e. The molecule has 0 atom stereocenters. The van der Waals surface area contributed by atoms with Gasteiger partial charge in [0.1, 0.15) is 10.7 Å². The summed E-state index contributed by atoms with van der Waals surface area (Å²) in [6.07, 6.45) is 0. The van der Waals surface area contributed by atoms with Crippen LogP contribution in [0, 0.1) is 0 Å². The Labute approximate surface area is 159 Å². The fourth-order valence-electron chi connectivity index (χ4n) is 2.16. The normalized spacial score (nSPS) is 10.0. The molecule has 1 aromatic carbocycles. The highest BCUT2D eigenvalue weighted by atomic mass is 35.5. The van der Waals surface area contributed by atoms with Crippen molar-refractivity contribution in [1.82, 2.24) is 9.88 Å². The van der Waals surface area contributed by atoms with Crippen molar-refractivity contribution in [2.75, 3.05) is 18.4 Å². The second kappa shape index (κ2) is 11.4. The number of nitrogens with one attached hydrogen (secondary N) is 1. The molecule has 1 heterocycles. The number of hydrogen-bond acceptors (Lipinski definition) is 5. The molecule has 134 valence electrons. The Balaban J connectivity index is 0.00000264. The largest absolute Gasteiger partial charge is 0.325 e. The Morgan fingerprint density at radius 2 is 2.00 bits per heavy atom. The molecule has 0 saturated heterocycles. The zero-order valence-electron chi connectivity index (χ0n) is 13.8. The summed E-state index contributed by atoms with van der Waals surface area (Å²) >= 11 is 1.40. The molecular weight excluding hydrogens is 367 g/mol. The van der Waals surface area contributed by atoms with Gasteiger partial charge in [-0.25, -0.2) is 4.98 Å². The van der Waals surface area contributed by atoms with Crippen molar-refractivity contribution in [3.63, 3.8) is 0 Å². The number of aromatic nitrogens is 1. The molecule has 0 spiro atoms. The van der Waals surface area contributed by atoms with Crippen molar-refractivity contribution in [2.24, 2.45) is 5.73 Å². The third-order valence-corrected chi connectivity index (χ3v) is 4.32. The first-order valence-corrected chi connectivity index (χ1v) is 8.31. The number of hydrogen-bond donors (Lipinski definition) is 2. The number of carbonyl (C=O) groups is 1. The second-order valence-corrected chi connectivity index (χ2v) is 5.89. The smallest absolute Gasteiger partial charge is 0.275 e. The van der Waals surface area contributed by atoms with Crippen LogP contribution in [0.1, 0.15) is 34.9 Å². The lowest BCUT2D eigenvalue weighted by atomic mass is 10.2. The summed E-state index contributed by atoms with van der Waals surface area (Å²) < 4.78 is 0. The molecule has 0 aliphatic heterocycles. The van der Waals surface area contributed by atoms with E-state index < -0.39 is 0 Å². The number of nitrogens with two attached hydrogens (primary N) is 1. The van der Waals surface area contributed by atoms with Crippen LogP contribution in [0.15, 0.2) is 29.6 Å². The fourth-order valence-corrected chi connectivity index (χ4v) is 2.81. The van der Waals surface area contributed by atoms with E-state index >= 15 is 0 Å². The van der Waals surface area contributed by atoms with E-state index in [0.29, 0.717) is 12.2 Å². The van der Waals surface area contributed by atoms with Gasteiger partial charge in [-0.3, -0.25) is 9.69 Å². The van der Waals surface area contributed by atoms with E-state index in [1.54, 1.807) is 5.38 Å². The minimum Gasteiger partial charge on any atom is -0.325 e. The average molecular weight is 391 g/mol. The molecule has 24 heavy (non-hydrogen) atoms. The predicted molar refractivity (Wildman–Crippen MR) is 106 cm³/mol. The van der Waals surface area contributed by atoms with E-state index in [2.05, 4.69) is 35.1 Å².